The monoisotopic (exact) mass is 517 g/mol. The summed E-state index contributed by atoms with van der Waals surface area (Å²) in [7, 11) is 0. The van der Waals surface area contributed by atoms with Crippen LogP contribution in [0, 0.1) is 17.5 Å². The molecule has 0 spiro atoms. The van der Waals surface area contributed by atoms with Crippen LogP contribution in [-0.4, -0.2) is 28.4 Å². The second kappa shape index (κ2) is 12.2. The first kappa shape index (κ1) is 26.7. The molecule has 38 heavy (non-hydrogen) atoms. The van der Waals surface area contributed by atoms with E-state index in [0.29, 0.717) is 30.5 Å². The van der Waals surface area contributed by atoms with Gasteiger partial charge in [-0.05, 0) is 46.7 Å². The number of benzene rings is 4. The van der Waals surface area contributed by atoms with Gasteiger partial charge in [0.05, 0.1) is 12.0 Å². The summed E-state index contributed by atoms with van der Waals surface area (Å²) in [5.74, 6) is -5.42. The lowest BCUT2D eigenvalue weighted by Crippen LogP contribution is -2.32. The van der Waals surface area contributed by atoms with Crippen LogP contribution >= 0.6 is 0 Å². The molecule has 0 radical (unpaired) electrons. The number of amides is 1. The molecule has 4 aromatic rings. The van der Waals surface area contributed by atoms with E-state index in [-0.39, 0.29) is 19.5 Å². The van der Waals surface area contributed by atoms with Gasteiger partial charge in [-0.2, -0.15) is 0 Å². The quantitative estimate of drug-likeness (QED) is 0.239. The van der Waals surface area contributed by atoms with Crippen LogP contribution in [0.2, 0.25) is 0 Å². The number of carbonyl (C=O) groups is 2. The maximum Gasteiger partial charge on any atom is 0.307 e. The third kappa shape index (κ3) is 6.68. The van der Waals surface area contributed by atoms with E-state index in [0.717, 1.165) is 22.3 Å². The van der Waals surface area contributed by atoms with Crippen molar-refractivity contribution in [3.05, 3.63) is 131 Å². The molecule has 4 nitrogen and oxygen atoms in total. The molecule has 0 aromatic heterocycles. The van der Waals surface area contributed by atoms with Crippen LogP contribution < -0.4 is 0 Å². The first-order valence-electron chi connectivity index (χ1n) is 12.2. The molecule has 0 saturated heterocycles. The fraction of sp³-hybridized carbons (Fsp3) is 0.161. The van der Waals surface area contributed by atoms with Crippen LogP contribution in [0.5, 0.6) is 0 Å². The third-order valence-electron chi connectivity index (χ3n) is 6.26. The minimum absolute atomic E-state index is 0.110. The van der Waals surface area contributed by atoms with E-state index in [2.05, 4.69) is 0 Å². The molecular weight excluding hydrogens is 491 g/mol. The smallest absolute Gasteiger partial charge is 0.307 e. The number of nitrogens with zero attached hydrogens (tertiary/aromatic N) is 1. The molecule has 194 valence electrons. The zero-order chi connectivity index (χ0) is 27.1. The van der Waals surface area contributed by atoms with Crippen LogP contribution in [0.4, 0.5) is 13.2 Å². The molecule has 1 N–H and O–H groups in total. The Hall–Kier alpha value is -4.39. The van der Waals surface area contributed by atoms with E-state index in [1.54, 1.807) is 12.1 Å². The molecular formula is C31H26F3NO3. The average molecular weight is 518 g/mol. The number of hydrogen-bond donors (Lipinski definition) is 1. The molecule has 7 heteroatoms. The van der Waals surface area contributed by atoms with Crippen molar-refractivity contribution in [1.82, 2.24) is 4.90 Å². The van der Waals surface area contributed by atoms with Gasteiger partial charge in [0.25, 0.3) is 5.91 Å². The third-order valence-corrected chi connectivity index (χ3v) is 6.26. The number of rotatable bonds is 10. The van der Waals surface area contributed by atoms with E-state index in [1.165, 1.54) is 4.90 Å². The van der Waals surface area contributed by atoms with Crippen LogP contribution in [0.3, 0.4) is 0 Å². The van der Waals surface area contributed by atoms with Crippen molar-refractivity contribution in [2.24, 2.45) is 0 Å². The van der Waals surface area contributed by atoms with Crippen molar-refractivity contribution in [2.45, 2.75) is 25.8 Å². The van der Waals surface area contributed by atoms with Gasteiger partial charge < -0.3 is 10.0 Å². The highest BCUT2D eigenvalue weighted by molar-refractivity contribution is 5.94. The van der Waals surface area contributed by atoms with Crippen molar-refractivity contribution in [2.75, 3.05) is 6.54 Å². The molecule has 1 amide bonds. The van der Waals surface area contributed by atoms with Crippen LogP contribution in [-0.2, 0) is 24.2 Å². The van der Waals surface area contributed by atoms with Gasteiger partial charge >= 0.3 is 5.97 Å². The van der Waals surface area contributed by atoms with Crippen molar-refractivity contribution < 1.29 is 27.9 Å². The molecule has 0 fully saturated rings. The highest BCUT2D eigenvalue weighted by Crippen LogP contribution is 2.25. The van der Waals surface area contributed by atoms with E-state index >= 15 is 0 Å². The van der Waals surface area contributed by atoms with Gasteiger partial charge in [-0.3, -0.25) is 9.59 Å². The summed E-state index contributed by atoms with van der Waals surface area (Å²) in [6.07, 6.45) is 1.16. The maximum atomic E-state index is 14.4. The first-order valence-corrected chi connectivity index (χ1v) is 12.2. The van der Waals surface area contributed by atoms with E-state index in [1.807, 2.05) is 66.7 Å². The molecule has 0 aliphatic carbocycles. The predicted molar refractivity (Wildman–Crippen MR) is 139 cm³/mol. The maximum absolute atomic E-state index is 14.4. The summed E-state index contributed by atoms with van der Waals surface area (Å²) in [5, 5.41) is 9.21. The lowest BCUT2D eigenvalue weighted by Gasteiger charge is -2.24. The van der Waals surface area contributed by atoms with Gasteiger partial charge in [0.1, 0.15) is 5.82 Å². The number of carboxylic acids is 1. The summed E-state index contributed by atoms with van der Waals surface area (Å²) in [6.45, 7) is 0.401. The Morgan fingerprint density at radius 3 is 2.11 bits per heavy atom. The van der Waals surface area contributed by atoms with Gasteiger partial charge in [0.2, 0.25) is 0 Å². The van der Waals surface area contributed by atoms with Crippen LogP contribution in [0.1, 0.15) is 33.5 Å². The molecule has 0 saturated carbocycles. The van der Waals surface area contributed by atoms with E-state index in [4.69, 9.17) is 0 Å². The van der Waals surface area contributed by atoms with Gasteiger partial charge in [-0.25, -0.2) is 13.2 Å². The Morgan fingerprint density at radius 2 is 1.39 bits per heavy atom. The van der Waals surface area contributed by atoms with Gasteiger partial charge in [-0.1, -0.05) is 78.9 Å². The minimum atomic E-state index is -1.35. The largest absolute Gasteiger partial charge is 0.481 e. The summed E-state index contributed by atoms with van der Waals surface area (Å²) >= 11 is 0. The van der Waals surface area contributed by atoms with E-state index in [9.17, 15) is 27.9 Å². The highest BCUT2D eigenvalue weighted by Gasteiger charge is 2.22. The molecule has 0 aliphatic rings. The Morgan fingerprint density at radius 1 is 0.737 bits per heavy atom. The standard InChI is InChI=1S/C31H26F3NO3/c32-27-19-29(34)28(33)18-26(27)31(38)35(16-6-9-21-7-2-1-3-8-21)20-22-12-14-23(15-13-22)25-11-5-4-10-24(25)17-30(36)37/h1-5,7-8,10-15,18-19H,6,9,16-17,20H2,(H,36,37). The van der Waals surface area contributed by atoms with Gasteiger partial charge in [-0.15, -0.1) is 0 Å². The summed E-state index contributed by atoms with van der Waals surface area (Å²) in [4.78, 5) is 25.9. The first-order chi connectivity index (χ1) is 18.3. The molecule has 4 aromatic carbocycles. The minimum Gasteiger partial charge on any atom is -0.481 e. The topological polar surface area (TPSA) is 57.6 Å². The Balaban J connectivity index is 1.56. The number of hydrogen-bond acceptors (Lipinski definition) is 2. The second-order valence-corrected chi connectivity index (χ2v) is 8.99. The summed E-state index contributed by atoms with van der Waals surface area (Å²) < 4.78 is 41.8. The van der Waals surface area contributed by atoms with Crippen molar-refractivity contribution in [1.29, 1.82) is 0 Å². The van der Waals surface area contributed by atoms with Gasteiger partial charge in [0.15, 0.2) is 11.6 Å². The molecule has 0 aliphatic heterocycles. The highest BCUT2D eigenvalue weighted by atomic mass is 19.2. The normalized spacial score (nSPS) is 10.8. The fourth-order valence-corrected chi connectivity index (χ4v) is 4.36. The summed E-state index contributed by atoms with van der Waals surface area (Å²) in [6, 6.07) is 25.2. The zero-order valence-electron chi connectivity index (χ0n) is 20.5. The van der Waals surface area contributed by atoms with Gasteiger partial charge in [0, 0.05) is 19.2 Å². The molecule has 0 heterocycles. The van der Waals surface area contributed by atoms with Crippen molar-refractivity contribution in [3.8, 4) is 11.1 Å². The molecule has 0 unspecified atom stereocenters. The summed E-state index contributed by atoms with van der Waals surface area (Å²) in [5.41, 5.74) is 3.60. The van der Waals surface area contributed by atoms with Crippen molar-refractivity contribution in [3.63, 3.8) is 0 Å². The molecule has 4 rings (SSSR count). The molecule has 0 bridgehead atoms. The number of aliphatic carboxylic acids is 1. The van der Waals surface area contributed by atoms with Crippen LogP contribution in [0.25, 0.3) is 11.1 Å². The van der Waals surface area contributed by atoms with Crippen LogP contribution in [0.15, 0.2) is 91.0 Å². The SMILES string of the molecule is O=C(O)Cc1ccccc1-c1ccc(CN(CCCc2ccccc2)C(=O)c2cc(F)c(F)cc2F)cc1. The number of aryl methyl sites for hydroxylation is 1. The second-order valence-electron chi connectivity index (χ2n) is 8.99. The van der Waals surface area contributed by atoms with Crippen molar-refractivity contribution >= 4 is 11.9 Å². The lowest BCUT2D eigenvalue weighted by molar-refractivity contribution is -0.136. The fourth-order valence-electron chi connectivity index (χ4n) is 4.36. The Labute approximate surface area is 219 Å². The predicted octanol–water partition coefficient (Wildman–Crippen LogP) is 6.67. The lowest BCUT2D eigenvalue weighted by atomic mass is 9.97. The number of carboxylic acid groups (broad SMARTS) is 1. The Bertz CT molecular complexity index is 1420. The average Bonchev–Trinajstić information content (AvgIpc) is 2.91. The zero-order valence-corrected chi connectivity index (χ0v) is 20.5. The Kier molecular flexibility index (Phi) is 8.58. The molecule has 0 atom stereocenters. The number of carbonyl (C=O) groups excluding carboxylic acids is 1. The van der Waals surface area contributed by atoms with E-state index < -0.39 is 34.9 Å². The number of halogens is 3.